The highest BCUT2D eigenvalue weighted by atomic mass is 32.2. The Morgan fingerprint density at radius 2 is 1.96 bits per heavy atom. The van der Waals surface area contributed by atoms with Crippen molar-refractivity contribution < 1.29 is 23.1 Å². The number of hydrogen-bond donors (Lipinski definition) is 1. The van der Waals surface area contributed by atoms with Gasteiger partial charge in [0.15, 0.2) is 0 Å². The zero-order valence-electron chi connectivity index (χ0n) is 13.0. The number of hydrogen-bond acceptors (Lipinski definition) is 5. The summed E-state index contributed by atoms with van der Waals surface area (Å²) in [5, 5.41) is 8.92. The van der Waals surface area contributed by atoms with E-state index in [1.165, 1.54) is 22.6 Å². The number of amides is 1. The molecule has 126 valence electrons. The quantitative estimate of drug-likeness (QED) is 0.842. The van der Waals surface area contributed by atoms with Crippen LogP contribution in [0.1, 0.15) is 33.7 Å². The minimum Gasteiger partial charge on any atom is -0.477 e. The molecule has 8 nitrogen and oxygen atoms in total. The number of nitrogens with zero attached hydrogens (tertiary/aromatic N) is 3. The lowest BCUT2D eigenvalue weighted by Crippen LogP contribution is -2.47. The maximum Gasteiger partial charge on any atom is 0.354 e. The minimum atomic E-state index is -3.25. The first-order valence-electron chi connectivity index (χ1n) is 7.12. The molecule has 1 fully saturated rings. The predicted molar refractivity (Wildman–Crippen MR) is 82.7 cm³/mol. The van der Waals surface area contributed by atoms with Crippen molar-refractivity contribution in [3.05, 3.63) is 29.6 Å². The number of sulfonamides is 1. The molecule has 1 saturated heterocycles. The van der Waals surface area contributed by atoms with Gasteiger partial charge in [-0.2, -0.15) is 0 Å². The predicted octanol–water partition coefficient (Wildman–Crippen LogP) is 0.276. The van der Waals surface area contributed by atoms with Gasteiger partial charge in [0.05, 0.1) is 6.26 Å². The fourth-order valence-corrected chi connectivity index (χ4v) is 3.32. The van der Waals surface area contributed by atoms with E-state index in [-0.39, 0.29) is 23.2 Å². The van der Waals surface area contributed by atoms with Crippen LogP contribution >= 0.6 is 0 Å². The minimum absolute atomic E-state index is 0.124. The standard InChI is InChI=1S/C14H19N3O5S/c1-16(23(2,21)22)11-4-7-17(8-5-11)13(18)10-3-6-15-12(9-10)14(19)20/h3,6,9,11H,4-5,7-8H2,1-2H3,(H,19,20). The number of carboxylic acids is 1. The molecule has 9 heteroatoms. The second-order valence-corrected chi connectivity index (χ2v) is 7.58. The van der Waals surface area contributed by atoms with Crippen LogP contribution in [0.2, 0.25) is 0 Å². The lowest BCUT2D eigenvalue weighted by atomic mass is 10.0. The summed E-state index contributed by atoms with van der Waals surface area (Å²) in [5.41, 5.74) is 0.0925. The molecular weight excluding hydrogens is 322 g/mol. The number of carboxylic acid groups (broad SMARTS) is 1. The van der Waals surface area contributed by atoms with Crippen molar-refractivity contribution in [1.82, 2.24) is 14.2 Å². The smallest absolute Gasteiger partial charge is 0.354 e. The number of aromatic nitrogens is 1. The molecule has 2 rings (SSSR count). The summed E-state index contributed by atoms with van der Waals surface area (Å²) in [6.07, 6.45) is 3.55. The van der Waals surface area contributed by atoms with Crippen LogP contribution in [0.15, 0.2) is 18.3 Å². The van der Waals surface area contributed by atoms with Crippen molar-refractivity contribution in [2.75, 3.05) is 26.4 Å². The van der Waals surface area contributed by atoms with Gasteiger partial charge >= 0.3 is 5.97 Å². The SMILES string of the molecule is CN(C1CCN(C(=O)c2ccnc(C(=O)O)c2)CC1)S(C)(=O)=O. The normalized spacial score (nSPS) is 16.6. The van der Waals surface area contributed by atoms with Gasteiger partial charge in [0.2, 0.25) is 10.0 Å². The van der Waals surface area contributed by atoms with Crippen LogP contribution < -0.4 is 0 Å². The number of aromatic carboxylic acids is 1. The molecule has 0 radical (unpaired) electrons. The van der Waals surface area contributed by atoms with Crippen molar-refractivity contribution in [3.8, 4) is 0 Å². The van der Waals surface area contributed by atoms with E-state index < -0.39 is 16.0 Å². The molecule has 1 aromatic rings. The number of likely N-dealkylation sites (tertiary alicyclic amines) is 1. The number of pyridine rings is 1. The average Bonchev–Trinajstić information content (AvgIpc) is 2.53. The van der Waals surface area contributed by atoms with Gasteiger partial charge in [-0.05, 0) is 25.0 Å². The van der Waals surface area contributed by atoms with E-state index in [0.717, 1.165) is 6.26 Å². The van der Waals surface area contributed by atoms with Gasteiger partial charge in [-0.15, -0.1) is 0 Å². The number of piperidine rings is 1. The van der Waals surface area contributed by atoms with Crippen LogP contribution in [0.4, 0.5) is 0 Å². The van der Waals surface area contributed by atoms with Crippen molar-refractivity contribution in [2.45, 2.75) is 18.9 Å². The van der Waals surface area contributed by atoms with Crippen LogP contribution in [-0.4, -0.2) is 72.0 Å². The summed E-state index contributed by atoms with van der Waals surface area (Å²) >= 11 is 0. The topological polar surface area (TPSA) is 108 Å². The number of carbonyl (C=O) groups is 2. The molecule has 1 aromatic heterocycles. The Balaban J connectivity index is 2.04. The number of rotatable bonds is 4. The third-order valence-corrected chi connectivity index (χ3v) is 5.36. The molecule has 1 N–H and O–H groups in total. The van der Waals surface area contributed by atoms with Crippen LogP contribution in [0.3, 0.4) is 0 Å². The van der Waals surface area contributed by atoms with E-state index in [4.69, 9.17) is 5.11 Å². The number of carbonyl (C=O) groups excluding carboxylic acids is 1. The highest BCUT2D eigenvalue weighted by Gasteiger charge is 2.29. The van der Waals surface area contributed by atoms with Crippen LogP contribution in [0, 0.1) is 0 Å². The van der Waals surface area contributed by atoms with E-state index in [9.17, 15) is 18.0 Å². The maximum absolute atomic E-state index is 12.4. The van der Waals surface area contributed by atoms with E-state index in [1.54, 1.807) is 11.9 Å². The van der Waals surface area contributed by atoms with E-state index >= 15 is 0 Å². The first kappa shape index (κ1) is 17.4. The Kier molecular flexibility index (Phi) is 5.00. The van der Waals surface area contributed by atoms with Crippen LogP contribution in [0.5, 0.6) is 0 Å². The zero-order valence-corrected chi connectivity index (χ0v) is 13.8. The molecule has 0 atom stereocenters. The molecular formula is C14H19N3O5S. The van der Waals surface area contributed by atoms with Crippen molar-refractivity contribution in [1.29, 1.82) is 0 Å². The van der Waals surface area contributed by atoms with E-state index in [0.29, 0.717) is 25.9 Å². The van der Waals surface area contributed by atoms with Gasteiger partial charge in [0, 0.05) is 37.9 Å². The van der Waals surface area contributed by atoms with Gasteiger partial charge in [-0.3, -0.25) is 4.79 Å². The first-order chi connectivity index (χ1) is 10.7. The van der Waals surface area contributed by atoms with Crippen molar-refractivity contribution in [2.24, 2.45) is 0 Å². The van der Waals surface area contributed by atoms with Crippen LogP contribution in [0.25, 0.3) is 0 Å². The highest BCUT2D eigenvalue weighted by molar-refractivity contribution is 7.88. The molecule has 0 bridgehead atoms. The molecule has 23 heavy (non-hydrogen) atoms. The third kappa shape index (κ3) is 4.05. The summed E-state index contributed by atoms with van der Waals surface area (Å²) in [6.45, 7) is 0.849. The second kappa shape index (κ2) is 6.63. The van der Waals surface area contributed by atoms with Crippen molar-refractivity contribution in [3.63, 3.8) is 0 Å². The molecule has 0 aromatic carbocycles. The van der Waals surface area contributed by atoms with Gasteiger partial charge in [0.1, 0.15) is 5.69 Å². The molecule has 1 amide bonds. The van der Waals surface area contributed by atoms with Gasteiger partial charge in [-0.25, -0.2) is 22.5 Å². The maximum atomic E-state index is 12.4. The summed E-state index contributed by atoms with van der Waals surface area (Å²) in [7, 11) is -1.71. The zero-order chi connectivity index (χ0) is 17.2. The lowest BCUT2D eigenvalue weighted by Gasteiger charge is -2.35. The highest BCUT2D eigenvalue weighted by Crippen LogP contribution is 2.19. The Labute approximate surface area is 134 Å². The molecule has 0 spiro atoms. The Hall–Kier alpha value is -2.00. The Bertz CT molecular complexity index is 711. The molecule has 1 aliphatic rings. The van der Waals surface area contributed by atoms with Gasteiger partial charge in [-0.1, -0.05) is 0 Å². The molecule has 0 saturated carbocycles. The largest absolute Gasteiger partial charge is 0.477 e. The Morgan fingerprint density at radius 1 is 1.35 bits per heavy atom. The third-order valence-electron chi connectivity index (χ3n) is 4.02. The van der Waals surface area contributed by atoms with E-state index in [2.05, 4.69) is 4.98 Å². The van der Waals surface area contributed by atoms with E-state index in [1.807, 2.05) is 0 Å². The van der Waals surface area contributed by atoms with Gasteiger partial charge < -0.3 is 10.0 Å². The van der Waals surface area contributed by atoms with Gasteiger partial charge in [0.25, 0.3) is 5.91 Å². The monoisotopic (exact) mass is 341 g/mol. The fraction of sp³-hybridized carbons (Fsp3) is 0.500. The first-order valence-corrected chi connectivity index (χ1v) is 8.96. The summed E-state index contributed by atoms with van der Waals surface area (Å²) in [4.78, 5) is 28.6. The van der Waals surface area contributed by atoms with Crippen molar-refractivity contribution >= 4 is 21.9 Å². The lowest BCUT2D eigenvalue weighted by molar-refractivity contribution is 0.0686. The Morgan fingerprint density at radius 3 is 2.48 bits per heavy atom. The second-order valence-electron chi connectivity index (χ2n) is 5.54. The average molecular weight is 341 g/mol. The summed E-state index contributed by atoms with van der Waals surface area (Å²) in [6, 6.07) is 2.60. The molecule has 1 aliphatic heterocycles. The molecule has 2 heterocycles. The molecule has 0 aliphatic carbocycles. The molecule has 0 unspecified atom stereocenters. The summed E-state index contributed by atoms with van der Waals surface area (Å²) in [5.74, 6) is -1.46. The van der Waals surface area contributed by atoms with Crippen LogP contribution in [-0.2, 0) is 10.0 Å². The fourth-order valence-electron chi connectivity index (χ4n) is 2.57. The summed E-state index contributed by atoms with van der Waals surface area (Å²) < 4.78 is 24.4.